The molecule has 1 unspecified atom stereocenters. The van der Waals surface area contributed by atoms with Crippen molar-refractivity contribution < 1.29 is 17.9 Å². The zero-order valence-corrected chi connectivity index (χ0v) is 9.42. The van der Waals surface area contributed by atoms with Gasteiger partial charge in [0, 0.05) is 19.2 Å². The Morgan fingerprint density at radius 2 is 2.18 bits per heavy atom. The smallest absolute Gasteiger partial charge is 0.251 e. The SMILES string of the molecule is CCC1CN(c2nc(F)c(F)cc2F)CCO1. The molecule has 1 fully saturated rings. The number of aromatic nitrogens is 1. The molecule has 17 heavy (non-hydrogen) atoms. The van der Waals surface area contributed by atoms with E-state index in [-0.39, 0.29) is 11.9 Å². The van der Waals surface area contributed by atoms with E-state index in [1.54, 1.807) is 4.90 Å². The number of pyridine rings is 1. The number of hydrogen-bond donors (Lipinski definition) is 0. The highest BCUT2D eigenvalue weighted by atomic mass is 19.2. The van der Waals surface area contributed by atoms with Gasteiger partial charge in [-0.25, -0.2) is 8.78 Å². The maximum absolute atomic E-state index is 13.5. The summed E-state index contributed by atoms with van der Waals surface area (Å²) in [6.45, 7) is 3.23. The van der Waals surface area contributed by atoms with E-state index in [0.29, 0.717) is 25.8 Å². The van der Waals surface area contributed by atoms with Gasteiger partial charge in [0.15, 0.2) is 17.5 Å². The van der Waals surface area contributed by atoms with Gasteiger partial charge < -0.3 is 9.64 Å². The van der Waals surface area contributed by atoms with Crippen molar-refractivity contribution in [2.75, 3.05) is 24.6 Å². The monoisotopic (exact) mass is 246 g/mol. The van der Waals surface area contributed by atoms with Gasteiger partial charge in [-0.15, -0.1) is 0 Å². The quantitative estimate of drug-likeness (QED) is 0.747. The van der Waals surface area contributed by atoms with E-state index in [1.807, 2.05) is 6.92 Å². The van der Waals surface area contributed by atoms with Crippen LogP contribution in [0.4, 0.5) is 19.0 Å². The highest BCUT2D eigenvalue weighted by Gasteiger charge is 2.24. The van der Waals surface area contributed by atoms with E-state index in [9.17, 15) is 13.2 Å². The van der Waals surface area contributed by atoms with Crippen molar-refractivity contribution in [2.24, 2.45) is 0 Å². The van der Waals surface area contributed by atoms with E-state index in [2.05, 4.69) is 4.98 Å². The van der Waals surface area contributed by atoms with Crippen molar-refractivity contribution in [3.05, 3.63) is 23.6 Å². The first-order chi connectivity index (χ1) is 8.11. The van der Waals surface area contributed by atoms with Crippen LogP contribution in [-0.2, 0) is 4.74 Å². The number of morpholine rings is 1. The lowest BCUT2D eigenvalue weighted by atomic mass is 10.2. The number of hydrogen-bond acceptors (Lipinski definition) is 3. The predicted octanol–water partition coefficient (Wildman–Crippen LogP) is 2.11. The van der Waals surface area contributed by atoms with Gasteiger partial charge >= 0.3 is 0 Å². The molecule has 0 N–H and O–H groups in total. The molecule has 1 aliphatic rings. The maximum Gasteiger partial charge on any atom is 0.251 e. The lowest BCUT2D eigenvalue weighted by molar-refractivity contribution is 0.0378. The summed E-state index contributed by atoms with van der Waals surface area (Å²) >= 11 is 0. The van der Waals surface area contributed by atoms with E-state index < -0.39 is 17.6 Å². The van der Waals surface area contributed by atoms with Crippen molar-refractivity contribution in [1.29, 1.82) is 0 Å². The molecule has 0 amide bonds. The minimum Gasteiger partial charge on any atom is -0.375 e. The van der Waals surface area contributed by atoms with E-state index in [0.717, 1.165) is 6.42 Å². The molecule has 0 spiro atoms. The van der Waals surface area contributed by atoms with E-state index in [1.165, 1.54) is 0 Å². The van der Waals surface area contributed by atoms with Crippen molar-refractivity contribution in [3.63, 3.8) is 0 Å². The molecule has 1 aromatic rings. The number of ether oxygens (including phenoxy) is 1. The number of halogens is 3. The highest BCUT2D eigenvalue weighted by Crippen LogP contribution is 2.21. The maximum atomic E-state index is 13.5. The van der Waals surface area contributed by atoms with Crippen LogP contribution in [0.5, 0.6) is 0 Å². The third-order valence-electron chi connectivity index (χ3n) is 2.76. The molecule has 6 heteroatoms. The number of nitrogens with zero attached hydrogens (tertiary/aromatic N) is 2. The molecule has 0 radical (unpaired) electrons. The third-order valence-corrected chi connectivity index (χ3v) is 2.76. The van der Waals surface area contributed by atoms with Crippen molar-refractivity contribution in [2.45, 2.75) is 19.4 Å². The molecule has 1 saturated heterocycles. The zero-order chi connectivity index (χ0) is 12.4. The Hall–Kier alpha value is -1.30. The summed E-state index contributed by atoms with van der Waals surface area (Å²) in [6, 6.07) is 0.522. The summed E-state index contributed by atoms with van der Waals surface area (Å²) in [5, 5.41) is 0. The Labute approximate surface area is 97.2 Å². The van der Waals surface area contributed by atoms with Crippen LogP contribution in [-0.4, -0.2) is 30.8 Å². The Bertz CT molecular complexity index is 414. The molecule has 3 nitrogen and oxygen atoms in total. The largest absolute Gasteiger partial charge is 0.375 e. The van der Waals surface area contributed by atoms with Gasteiger partial charge in [0.05, 0.1) is 12.7 Å². The van der Waals surface area contributed by atoms with Crippen LogP contribution in [0.1, 0.15) is 13.3 Å². The fraction of sp³-hybridized carbons (Fsp3) is 0.545. The van der Waals surface area contributed by atoms with Crippen molar-refractivity contribution in [1.82, 2.24) is 4.98 Å². The van der Waals surface area contributed by atoms with Gasteiger partial charge in [-0.1, -0.05) is 6.92 Å². The summed E-state index contributed by atoms with van der Waals surface area (Å²) in [6.07, 6.45) is 0.750. The summed E-state index contributed by atoms with van der Waals surface area (Å²) in [5.74, 6) is -3.54. The fourth-order valence-corrected chi connectivity index (χ4v) is 1.82. The fourth-order valence-electron chi connectivity index (χ4n) is 1.82. The Kier molecular flexibility index (Phi) is 3.51. The lowest BCUT2D eigenvalue weighted by Crippen LogP contribution is -2.43. The minimum atomic E-state index is -1.28. The molecule has 94 valence electrons. The van der Waals surface area contributed by atoms with Crippen molar-refractivity contribution in [3.8, 4) is 0 Å². The number of rotatable bonds is 2. The van der Waals surface area contributed by atoms with Gasteiger partial charge in [-0.2, -0.15) is 9.37 Å². The van der Waals surface area contributed by atoms with Gasteiger partial charge in [-0.05, 0) is 6.42 Å². The molecule has 2 rings (SSSR count). The average Bonchev–Trinajstić information content (AvgIpc) is 2.34. The lowest BCUT2D eigenvalue weighted by Gasteiger charge is -2.33. The summed E-state index contributed by atoms with van der Waals surface area (Å²) in [7, 11) is 0. The summed E-state index contributed by atoms with van der Waals surface area (Å²) < 4.78 is 44.6. The molecular formula is C11H13F3N2O. The minimum absolute atomic E-state index is 0.0296. The zero-order valence-electron chi connectivity index (χ0n) is 9.42. The Morgan fingerprint density at radius 3 is 2.88 bits per heavy atom. The molecule has 2 heterocycles. The molecule has 1 aliphatic heterocycles. The number of anilines is 1. The molecule has 1 atom stereocenters. The second-order valence-electron chi connectivity index (χ2n) is 3.91. The first kappa shape index (κ1) is 12.2. The van der Waals surface area contributed by atoms with Crippen LogP contribution in [0.15, 0.2) is 6.07 Å². The van der Waals surface area contributed by atoms with E-state index >= 15 is 0 Å². The Morgan fingerprint density at radius 1 is 1.41 bits per heavy atom. The van der Waals surface area contributed by atoms with Gasteiger partial charge in [-0.3, -0.25) is 0 Å². The van der Waals surface area contributed by atoms with Crippen LogP contribution in [0.25, 0.3) is 0 Å². The topological polar surface area (TPSA) is 25.4 Å². The van der Waals surface area contributed by atoms with Crippen LogP contribution in [0.3, 0.4) is 0 Å². The first-order valence-electron chi connectivity index (χ1n) is 5.50. The summed E-state index contributed by atoms with van der Waals surface area (Å²) in [4.78, 5) is 4.90. The van der Waals surface area contributed by atoms with Crippen LogP contribution < -0.4 is 4.90 Å². The molecular weight excluding hydrogens is 233 g/mol. The normalized spacial score (nSPS) is 20.7. The van der Waals surface area contributed by atoms with Crippen LogP contribution in [0.2, 0.25) is 0 Å². The standard InChI is InChI=1S/C11H13F3N2O/c1-2-7-6-16(3-4-17-7)11-9(13)5-8(12)10(14)15-11/h5,7H,2-4,6H2,1H3. The van der Waals surface area contributed by atoms with E-state index in [4.69, 9.17) is 4.74 Å². The highest BCUT2D eigenvalue weighted by molar-refractivity contribution is 5.40. The van der Waals surface area contributed by atoms with Gasteiger partial charge in [0.25, 0.3) is 5.95 Å². The van der Waals surface area contributed by atoms with Gasteiger partial charge in [0.2, 0.25) is 0 Å². The second-order valence-corrected chi connectivity index (χ2v) is 3.91. The van der Waals surface area contributed by atoms with Crippen LogP contribution in [0, 0.1) is 17.6 Å². The van der Waals surface area contributed by atoms with Crippen molar-refractivity contribution >= 4 is 5.82 Å². The molecule has 1 aromatic heterocycles. The summed E-state index contributed by atoms with van der Waals surface area (Å²) in [5.41, 5.74) is 0. The molecule has 0 saturated carbocycles. The van der Waals surface area contributed by atoms with Crippen LogP contribution >= 0.6 is 0 Å². The predicted molar refractivity (Wildman–Crippen MR) is 56.4 cm³/mol. The molecule has 0 aromatic carbocycles. The first-order valence-corrected chi connectivity index (χ1v) is 5.50. The Balaban J connectivity index is 2.24. The average molecular weight is 246 g/mol. The molecule has 0 aliphatic carbocycles. The van der Waals surface area contributed by atoms with Gasteiger partial charge in [0.1, 0.15) is 0 Å². The second kappa shape index (κ2) is 4.91. The third kappa shape index (κ3) is 2.52. The molecule has 0 bridgehead atoms.